The lowest BCUT2D eigenvalue weighted by Crippen LogP contribution is -2.34. The molecule has 0 N–H and O–H groups in total. The van der Waals surface area contributed by atoms with Crippen LogP contribution in [0.25, 0.3) is 0 Å². The number of anilines is 1. The first-order chi connectivity index (χ1) is 7.83. The number of imidazole rings is 1. The molecular formula is C11H13N5. The molecule has 0 saturated heterocycles. The van der Waals surface area contributed by atoms with Crippen LogP contribution in [0, 0.1) is 6.92 Å². The van der Waals surface area contributed by atoms with E-state index in [1.54, 1.807) is 0 Å². The lowest BCUT2D eigenvalue weighted by molar-refractivity contribution is 0.554. The van der Waals surface area contributed by atoms with Crippen LogP contribution < -0.4 is 4.90 Å². The van der Waals surface area contributed by atoms with Gasteiger partial charge in [-0.05, 0) is 19.1 Å². The van der Waals surface area contributed by atoms with E-state index in [9.17, 15) is 0 Å². The Hall–Kier alpha value is -1.91. The molecule has 0 amide bonds. The summed E-state index contributed by atoms with van der Waals surface area (Å²) in [6.07, 6.45) is 3.87. The zero-order valence-corrected chi connectivity index (χ0v) is 9.17. The van der Waals surface area contributed by atoms with Crippen molar-refractivity contribution in [3.05, 3.63) is 36.0 Å². The van der Waals surface area contributed by atoms with Crippen LogP contribution in [0.1, 0.15) is 11.5 Å². The van der Waals surface area contributed by atoms with E-state index in [0.29, 0.717) is 0 Å². The predicted molar refractivity (Wildman–Crippen MR) is 60.0 cm³/mol. The van der Waals surface area contributed by atoms with Crippen LogP contribution in [-0.2, 0) is 13.1 Å². The normalized spacial score (nSPS) is 14.9. The summed E-state index contributed by atoms with van der Waals surface area (Å²) in [5.74, 6) is 2.02. The third-order valence-corrected chi connectivity index (χ3v) is 2.85. The molecule has 3 rings (SSSR count). The van der Waals surface area contributed by atoms with Crippen molar-refractivity contribution in [3.8, 4) is 0 Å². The van der Waals surface area contributed by atoms with Crippen LogP contribution in [-0.4, -0.2) is 26.3 Å². The van der Waals surface area contributed by atoms with E-state index in [0.717, 1.165) is 37.0 Å². The Morgan fingerprint density at radius 2 is 2.12 bits per heavy atom. The van der Waals surface area contributed by atoms with Crippen LogP contribution >= 0.6 is 0 Å². The zero-order valence-electron chi connectivity index (χ0n) is 9.17. The third-order valence-electron chi connectivity index (χ3n) is 2.85. The Morgan fingerprint density at radius 1 is 1.19 bits per heavy atom. The molecule has 1 aliphatic rings. The molecule has 0 aliphatic carbocycles. The fraction of sp³-hybridized carbons (Fsp3) is 0.364. The SMILES string of the molecule is Cc1ccc(N2CCn3ccnc3C2)nn1. The van der Waals surface area contributed by atoms with Crippen molar-refractivity contribution < 1.29 is 0 Å². The first-order valence-corrected chi connectivity index (χ1v) is 5.38. The van der Waals surface area contributed by atoms with Gasteiger partial charge < -0.3 is 9.47 Å². The molecule has 3 heterocycles. The molecule has 82 valence electrons. The summed E-state index contributed by atoms with van der Waals surface area (Å²) >= 11 is 0. The number of hydrogen-bond acceptors (Lipinski definition) is 4. The van der Waals surface area contributed by atoms with Crippen molar-refractivity contribution in [1.82, 2.24) is 19.7 Å². The summed E-state index contributed by atoms with van der Waals surface area (Å²) in [7, 11) is 0. The molecule has 5 heteroatoms. The summed E-state index contributed by atoms with van der Waals surface area (Å²) < 4.78 is 2.18. The first kappa shape index (κ1) is 9.33. The second-order valence-electron chi connectivity index (χ2n) is 3.99. The highest BCUT2D eigenvalue weighted by molar-refractivity contribution is 5.38. The van der Waals surface area contributed by atoms with Crippen molar-refractivity contribution in [1.29, 1.82) is 0 Å². The van der Waals surface area contributed by atoms with Gasteiger partial charge in [0, 0.05) is 25.5 Å². The molecule has 2 aromatic rings. The maximum atomic E-state index is 4.32. The van der Waals surface area contributed by atoms with E-state index >= 15 is 0 Å². The van der Waals surface area contributed by atoms with Gasteiger partial charge in [-0.1, -0.05) is 0 Å². The number of aromatic nitrogens is 4. The largest absolute Gasteiger partial charge is 0.346 e. The van der Waals surface area contributed by atoms with Gasteiger partial charge in [0.15, 0.2) is 5.82 Å². The lowest BCUT2D eigenvalue weighted by Gasteiger charge is -2.28. The molecule has 0 radical (unpaired) electrons. The fourth-order valence-corrected chi connectivity index (χ4v) is 1.93. The smallest absolute Gasteiger partial charge is 0.151 e. The summed E-state index contributed by atoms with van der Waals surface area (Å²) in [5, 5.41) is 8.28. The molecule has 0 bridgehead atoms. The highest BCUT2D eigenvalue weighted by Crippen LogP contribution is 2.16. The van der Waals surface area contributed by atoms with Crippen molar-refractivity contribution >= 4 is 5.82 Å². The topological polar surface area (TPSA) is 46.8 Å². The number of hydrogen-bond donors (Lipinski definition) is 0. The molecule has 0 aromatic carbocycles. The van der Waals surface area contributed by atoms with E-state index in [2.05, 4.69) is 24.6 Å². The second-order valence-corrected chi connectivity index (χ2v) is 3.99. The minimum absolute atomic E-state index is 0.810. The minimum Gasteiger partial charge on any atom is -0.346 e. The minimum atomic E-state index is 0.810. The number of nitrogens with zero attached hydrogens (tertiary/aromatic N) is 5. The second kappa shape index (κ2) is 3.59. The van der Waals surface area contributed by atoms with Crippen LogP contribution in [0.3, 0.4) is 0 Å². The monoisotopic (exact) mass is 215 g/mol. The Labute approximate surface area is 93.7 Å². The van der Waals surface area contributed by atoms with Gasteiger partial charge in [0.25, 0.3) is 0 Å². The van der Waals surface area contributed by atoms with E-state index in [1.807, 2.05) is 31.5 Å². The number of aryl methyl sites for hydroxylation is 1. The van der Waals surface area contributed by atoms with Crippen LogP contribution in [0.5, 0.6) is 0 Å². The summed E-state index contributed by atoms with van der Waals surface area (Å²) in [6.45, 7) is 4.68. The molecule has 1 aliphatic heterocycles. The molecule has 0 saturated carbocycles. The van der Waals surface area contributed by atoms with Gasteiger partial charge in [-0.15, -0.1) is 5.10 Å². The molecule has 16 heavy (non-hydrogen) atoms. The molecule has 0 spiro atoms. The molecular weight excluding hydrogens is 202 g/mol. The van der Waals surface area contributed by atoms with E-state index < -0.39 is 0 Å². The van der Waals surface area contributed by atoms with Crippen LogP contribution in [0.4, 0.5) is 5.82 Å². The summed E-state index contributed by atoms with van der Waals surface area (Å²) in [5.41, 5.74) is 0.947. The highest BCUT2D eigenvalue weighted by atomic mass is 15.3. The van der Waals surface area contributed by atoms with Gasteiger partial charge in [-0.3, -0.25) is 0 Å². The highest BCUT2D eigenvalue weighted by Gasteiger charge is 2.17. The Balaban J connectivity index is 1.86. The Kier molecular flexibility index (Phi) is 2.09. The van der Waals surface area contributed by atoms with Crippen LogP contribution in [0.2, 0.25) is 0 Å². The predicted octanol–water partition coefficient (Wildman–Crippen LogP) is 1.00. The molecule has 2 aromatic heterocycles. The van der Waals surface area contributed by atoms with Crippen molar-refractivity contribution in [2.45, 2.75) is 20.0 Å². The van der Waals surface area contributed by atoms with Gasteiger partial charge in [0.1, 0.15) is 5.82 Å². The van der Waals surface area contributed by atoms with Crippen molar-refractivity contribution in [2.24, 2.45) is 0 Å². The number of fused-ring (bicyclic) bond motifs is 1. The summed E-state index contributed by atoms with van der Waals surface area (Å²) in [4.78, 5) is 6.53. The molecule has 0 atom stereocenters. The molecule has 0 fully saturated rings. The van der Waals surface area contributed by atoms with E-state index in [1.165, 1.54) is 0 Å². The quantitative estimate of drug-likeness (QED) is 0.712. The number of rotatable bonds is 1. The van der Waals surface area contributed by atoms with Crippen molar-refractivity contribution in [2.75, 3.05) is 11.4 Å². The van der Waals surface area contributed by atoms with E-state index in [-0.39, 0.29) is 0 Å². The maximum Gasteiger partial charge on any atom is 0.151 e. The molecule has 0 unspecified atom stereocenters. The summed E-state index contributed by atoms with van der Waals surface area (Å²) in [6, 6.07) is 4.00. The van der Waals surface area contributed by atoms with Gasteiger partial charge >= 0.3 is 0 Å². The Bertz CT molecular complexity index is 487. The fourth-order valence-electron chi connectivity index (χ4n) is 1.93. The third kappa shape index (κ3) is 1.54. The standard InChI is InChI=1S/C11H13N5/c1-9-2-3-10(14-13-9)16-7-6-15-5-4-12-11(15)8-16/h2-5H,6-8H2,1H3. The Morgan fingerprint density at radius 3 is 2.94 bits per heavy atom. The van der Waals surface area contributed by atoms with Crippen molar-refractivity contribution in [3.63, 3.8) is 0 Å². The van der Waals surface area contributed by atoms with Gasteiger partial charge in [-0.2, -0.15) is 5.10 Å². The zero-order chi connectivity index (χ0) is 11.0. The van der Waals surface area contributed by atoms with E-state index in [4.69, 9.17) is 0 Å². The maximum absolute atomic E-state index is 4.32. The first-order valence-electron chi connectivity index (χ1n) is 5.38. The van der Waals surface area contributed by atoms with Gasteiger partial charge in [-0.25, -0.2) is 4.98 Å². The van der Waals surface area contributed by atoms with Crippen LogP contribution in [0.15, 0.2) is 24.5 Å². The molecule has 5 nitrogen and oxygen atoms in total. The average molecular weight is 215 g/mol. The lowest BCUT2D eigenvalue weighted by atomic mass is 10.3. The average Bonchev–Trinajstić information content (AvgIpc) is 2.77. The van der Waals surface area contributed by atoms with Gasteiger partial charge in [0.2, 0.25) is 0 Å². The van der Waals surface area contributed by atoms with Gasteiger partial charge in [0.05, 0.1) is 12.2 Å².